The molecule has 0 unspecified atom stereocenters. The van der Waals surface area contributed by atoms with Crippen molar-refractivity contribution in [3.8, 4) is 5.75 Å². The van der Waals surface area contributed by atoms with Gasteiger partial charge in [0.2, 0.25) is 5.95 Å². The predicted octanol–water partition coefficient (Wildman–Crippen LogP) is 2.05. The predicted molar refractivity (Wildman–Crippen MR) is 88.0 cm³/mol. The minimum Gasteiger partial charge on any atom is -0.494 e. The number of nitrogens with zero attached hydrogens (tertiary/aromatic N) is 3. The first-order valence-electron chi connectivity index (χ1n) is 7.50. The molecule has 2 N–H and O–H groups in total. The smallest absolute Gasteiger partial charge is 0.277 e. The SMILES string of the molecule is CCOc1ccc(CNc2nc3nc(C)c(C)c(=O)n3[nH]2)cc1. The van der Waals surface area contributed by atoms with Gasteiger partial charge in [-0.3, -0.25) is 9.89 Å². The third-order valence-corrected chi connectivity index (χ3v) is 3.66. The van der Waals surface area contributed by atoms with E-state index in [4.69, 9.17) is 4.74 Å². The molecule has 0 amide bonds. The van der Waals surface area contributed by atoms with Crippen LogP contribution in [0, 0.1) is 13.8 Å². The molecule has 0 fully saturated rings. The van der Waals surface area contributed by atoms with E-state index in [9.17, 15) is 4.79 Å². The number of aromatic amines is 1. The third kappa shape index (κ3) is 3.03. The minimum atomic E-state index is -0.130. The van der Waals surface area contributed by atoms with Gasteiger partial charge < -0.3 is 10.1 Å². The Balaban J connectivity index is 1.77. The fraction of sp³-hybridized carbons (Fsp3) is 0.312. The zero-order valence-corrected chi connectivity index (χ0v) is 13.4. The molecule has 120 valence electrons. The summed E-state index contributed by atoms with van der Waals surface area (Å²) in [5.41, 5.74) is 2.26. The van der Waals surface area contributed by atoms with Crippen LogP contribution in [-0.4, -0.2) is 26.2 Å². The maximum Gasteiger partial charge on any atom is 0.277 e. The first kappa shape index (κ1) is 15.1. The molecule has 0 radical (unpaired) electrons. The maximum absolute atomic E-state index is 12.1. The number of fused-ring (bicyclic) bond motifs is 1. The van der Waals surface area contributed by atoms with Crippen molar-refractivity contribution in [1.82, 2.24) is 19.6 Å². The fourth-order valence-corrected chi connectivity index (χ4v) is 2.24. The van der Waals surface area contributed by atoms with E-state index in [2.05, 4.69) is 20.4 Å². The van der Waals surface area contributed by atoms with Crippen molar-refractivity contribution in [2.75, 3.05) is 11.9 Å². The van der Waals surface area contributed by atoms with E-state index >= 15 is 0 Å². The fourth-order valence-electron chi connectivity index (χ4n) is 2.24. The van der Waals surface area contributed by atoms with Gasteiger partial charge in [0.25, 0.3) is 11.3 Å². The Morgan fingerprint density at radius 1 is 1.22 bits per heavy atom. The van der Waals surface area contributed by atoms with E-state index in [0.717, 1.165) is 11.3 Å². The van der Waals surface area contributed by atoms with Crippen LogP contribution in [0.25, 0.3) is 5.78 Å². The van der Waals surface area contributed by atoms with Crippen LogP contribution < -0.4 is 15.6 Å². The average molecular weight is 313 g/mol. The van der Waals surface area contributed by atoms with E-state index in [1.165, 1.54) is 4.52 Å². The van der Waals surface area contributed by atoms with Crippen LogP contribution >= 0.6 is 0 Å². The number of ether oxygens (including phenoxy) is 1. The van der Waals surface area contributed by atoms with Crippen molar-refractivity contribution in [2.24, 2.45) is 0 Å². The quantitative estimate of drug-likeness (QED) is 0.753. The molecule has 3 rings (SSSR count). The van der Waals surface area contributed by atoms with E-state index < -0.39 is 0 Å². The lowest BCUT2D eigenvalue weighted by Crippen LogP contribution is -2.19. The number of anilines is 1. The molecule has 2 aromatic heterocycles. The second-order valence-corrected chi connectivity index (χ2v) is 5.27. The summed E-state index contributed by atoms with van der Waals surface area (Å²) in [4.78, 5) is 20.8. The van der Waals surface area contributed by atoms with Crippen LogP contribution in [0.5, 0.6) is 5.75 Å². The van der Waals surface area contributed by atoms with Gasteiger partial charge in [-0.25, -0.2) is 4.98 Å². The second kappa shape index (κ2) is 6.12. The standard InChI is InChI=1S/C16H19N5O2/c1-4-23-13-7-5-12(6-8-13)9-17-15-19-16-18-11(3)10(2)14(22)21(16)20-15/h5-8H,4,9H2,1-3H3,(H2,17,18,19,20). The summed E-state index contributed by atoms with van der Waals surface area (Å²) in [6, 6.07) is 7.83. The number of hydrogen-bond acceptors (Lipinski definition) is 5. The topological polar surface area (TPSA) is 84.3 Å². The maximum atomic E-state index is 12.1. The Labute approximate surface area is 133 Å². The number of aromatic nitrogens is 4. The Bertz CT molecular complexity index is 880. The van der Waals surface area contributed by atoms with Gasteiger partial charge in [-0.2, -0.15) is 9.50 Å². The monoisotopic (exact) mass is 313 g/mol. The lowest BCUT2D eigenvalue weighted by atomic mass is 10.2. The summed E-state index contributed by atoms with van der Waals surface area (Å²) < 4.78 is 6.76. The van der Waals surface area contributed by atoms with E-state index in [0.29, 0.717) is 36.1 Å². The van der Waals surface area contributed by atoms with Crippen LogP contribution in [0.2, 0.25) is 0 Å². The zero-order chi connectivity index (χ0) is 16.4. The molecule has 7 nitrogen and oxygen atoms in total. The van der Waals surface area contributed by atoms with Crippen molar-refractivity contribution >= 4 is 11.7 Å². The molecular formula is C16H19N5O2. The number of H-pyrrole nitrogens is 1. The Hall–Kier alpha value is -2.83. The van der Waals surface area contributed by atoms with Crippen molar-refractivity contribution in [3.05, 3.63) is 51.4 Å². The number of nitrogens with one attached hydrogen (secondary N) is 2. The summed E-state index contributed by atoms with van der Waals surface area (Å²) in [7, 11) is 0. The lowest BCUT2D eigenvalue weighted by molar-refractivity contribution is 0.340. The second-order valence-electron chi connectivity index (χ2n) is 5.27. The number of benzene rings is 1. The molecule has 0 aliphatic carbocycles. The van der Waals surface area contributed by atoms with Crippen molar-refractivity contribution < 1.29 is 4.74 Å². The molecule has 0 saturated carbocycles. The summed E-state index contributed by atoms with van der Waals surface area (Å²) in [5, 5.41) is 6.09. The van der Waals surface area contributed by atoms with Gasteiger partial charge in [-0.05, 0) is 38.5 Å². The summed E-state index contributed by atoms with van der Waals surface area (Å²) in [6.07, 6.45) is 0. The molecule has 3 aromatic rings. The Morgan fingerprint density at radius 3 is 2.65 bits per heavy atom. The zero-order valence-electron chi connectivity index (χ0n) is 13.4. The minimum absolute atomic E-state index is 0.130. The summed E-state index contributed by atoms with van der Waals surface area (Å²) in [5.74, 6) is 1.72. The molecule has 0 atom stereocenters. The molecule has 1 aromatic carbocycles. The summed E-state index contributed by atoms with van der Waals surface area (Å²) >= 11 is 0. The third-order valence-electron chi connectivity index (χ3n) is 3.66. The molecule has 7 heteroatoms. The Kier molecular flexibility index (Phi) is 4.01. The van der Waals surface area contributed by atoms with Crippen LogP contribution in [0.4, 0.5) is 5.95 Å². The first-order valence-corrected chi connectivity index (χ1v) is 7.50. The van der Waals surface area contributed by atoms with Crippen LogP contribution in [0.1, 0.15) is 23.7 Å². The molecule has 0 bridgehead atoms. The van der Waals surface area contributed by atoms with Crippen molar-refractivity contribution in [1.29, 1.82) is 0 Å². The van der Waals surface area contributed by atoms with Gasteiger partial charge in [0.05, 0.1) is 6.61 Å². The highest BCUT2D eigenvalue weighted by molar-refractivity contribution is 5.39. The van der Waals surface area contributed by atoms with Crippen LogP contribution in [-0.2, 0) is 6.54 Å². The van der Waals surface area contributed by atoms with Gasteiger partial charge in [0.1, 0.15) is 5.75 Å². The molecule has 0 saturated heterocycles. The molecule has 0 aliphatic heterocycles. The normalized spacial score (nSPS) is 10.9. The van der Waals surface area contributed by atoms with Gasteiger partial charge in [-0.1, -0.05) is 12.1 Å². The molecule has 0 spiro atoms. The van der Waals surface area contributed by atoms with Gasteiger partial charge in [-0.15, -0.1) is 0 Å². The largest absolute Gasteiger partial charge is 0.494 e. The number of rotatable bonds is 5. The van der Waals surface area contributed by atoms with Gasteiger partial charge in [0, 0.05) is 17.8 Å². The van der Waals surface area contributed by atoms with Crippen molar-refractivity contribution in [2.45, 2.75) is 27.3 Å². The lowest BCUT2D eigenvalue weighted by Gasteiger charge is -2.05. The highest BCUT2D eigenvalue weighted by atomic mass is 16.5. The molecule has 23 heavy (non-hydrogen) atoms. The van der Waals surface area contributed by atoms with E-state index in [1.807, 2.05) is 31.2 Å². The molecular weight excluding hydrogens is 294 g/mol. The number of hydrogen-bond donors (Lipinski definition) is 2. The number of aryl methyl sites for hydroxylation is 1. The average Bonchev–Trinajstić information content (AvgIpc) is 2.95. The first-order chi connectivity index (χ1) is 11.1. The molecule has 0 aliphatic rings. The summed E-state index contributed by atoms with van der Waals surface area (Å²) in [6.45, 7) is 6.75. The van der Waals surface area contributed by atoms with Gasteiger partial charge >= 0.3 is 0 Å². The Morgan fingerprint density at radius 2 is 1.96 bits per heavy atom. The highest BCUT2D eigenvalue weighted by Gasteiger charge is 2.09. The van der Waals surface area contributed by atoms with Crippen LogP contribution in [0.3, 0.4) is 0 Å². The highest BCUT2D eigenvalue weighted by Crippen LogP contribution is 2.13. The van der Waals surface area contributed by atoms with Gasteiger partial charge in [0.15, 0.2) is 0 Å². The van der Waals surface area contributed by atoms with E-state index in [1.54, 1.807) is 13.8 Å². The molecule has 2 heterocycles. The van der Waals surface area contributed by atoms with E-state index in [-0.39, 0.29) is 5.56 Å². The van der Waals surface area contributed by atoms with Crippen LogP contribution in [0.15, 0.2) is 29.1 Å². The van der Waals surface area contributed by atoms with Crippen molar-refractivity contribution in [3.63, 3.8) is 0 Å².